The Kier molecular flexibility index (Phi) is 8.40. The van der Waals surface area contributed by atoms with E-state index in [9.17, 15) is 39.2 Å². The van der Waals surface area contributed by atoms with Gasteiger partial charge in [-0.1, -0.05) is 31.2 Å². The summed E-state index contributed by atoms with van der Waals surface area (Å²) in [6.45, 7) is 1.44. The number of nitrogens with one attached hydrogen (secondary N) is 2. The van der Waals surface area contributed by atoms with E-state index in [-0.39, 0.29) is 28.1 Å². The van der Waals surface area contributed by atoms with Crippen LogP contribution in [-0.2, 0) is 10.0 Å². The summed E-state index contributed by atoms with van der Waals surface area (Å²) in [6, 6.07) is 4.00. The van der Waals surface area contributed by atoms with Crippen LogP contribution in [0.1, 0.15) is 18.9 Å². The van der Waals surface area contributed by atoms with Gasteiger partial charge in [0.25, 0.3) is 0 Å². The van der Waals surface area contributed by atoms with E-state index in [0.29, 0.717) is 11.3 Å². The molecule has 1 saturated heterocycles. The van der Waals surface area contributed by atoms with E-state index in [1.807, 2.05) is 0 Å². The largest absolute Gasteiger partial charge is 0.409 e. The molecule has 0 bridgehead atoms. The monoisotopic (exact) mass is 497 g/mol. The molecule has 1 aliphatic heterocycles. The van der Waals surface area contributed by atoms with Crippen LogP contribution in [-0.4, -0.2) is 56.0 Å². The van der Waals surface area contributed by atoms with E-state index >= 15 is 0 Å². The molecule has 0 radical (unpaired) electrons. The lowest BCUT2D eigenvalue weighted by Crippen LogP contribution is -2.38. The molecule has 31 heavy (non-hydrogen) atoms. The van der Waals surface area contributed by atoms with Crippen LogP contribution >= 0.6 is 11.6 Å². The second kappa shape index (κ2) is 9.63. The van der Waals surface area contributed by atoms with Gasteiger partial charge in [-0.15, -0.1) is 0 Å². The van der Waals surface area contributed by atoms with E-state index in [2.05, 4.69) is 11.3 Å². The molecule has 0 aromatic heterocycles. The average Bonchev–Trinajstić information content (AvgIpc) is 2.82. The van der Waals surface area contributed by atoms with Crippen LogP contribution in [0, 0.1) is 5.41 Å². The minimum absolute atomic E-state index is 0.0625. The van der Waals surface area contributed by atoms with Gasteiger partial charge in [0.15, 0.2) is 0 Å². The van der Waals surface area contributed by atoms with Gasteiger partial charge in [-0.2, -0.15) is 30.7 Å². The number of sulfonamides is 1. The molecule has 1 aromatic carbocycles. The van der Waals surface area contributed by atoms with Gasteiger partial charge >= 0.3 is 18.0 Å². The van der Waals surface area contributed by atoms with Crippen LogP contribution in [0.2, 0.25) is 5.02 Å². The van der Waals surface area contributed by atoms with Gasteiger partial charge in [-0.3, -0.25) is 10.1 Å². The van der Waals surface area contributed by atoms with Crippen LogP contribution in [0.5, 0.6) is 0 Å². The van der Waals surface area contributed by atoms with Gasteiger partial charge in [0, 0.05) is 6.08 Å². The second-order valence-electron chi connectivity index (χ2n) is 6.44. The predicted octanol–water partition coefficient (Wildman–Crippen LogP) is 5.14. The van der Waals surface area contributed by atoms with Crippen molar-refractivity contribution >= 4 is 33.1 Å². The number of allylic oxidation sites excluding steroid dienone is 1. The summed E-state index contributed by atoms with van der Waals surface area (Å²) in [4.78, 5) is 0.485. The maximum absolute atomic E-state index is 13.4. The molecule has 0 unspecified atom stereocenters. The highest BCUT2D eigenvalue weighted by Crippen LogP contribution is 2.42. The van der Waals surface area contributed by atoms with Crippen molar-refractivity contribution in [3.05, 3.63) is 41.4 Å². The number of hydrogen-bond acceptors (Lipinski definition) is 3. The van der Waals surface area contributed by atoms with Gasteiger partial charge in [-0.05, 0) is 18.6 Å². The third-order valence-electron chi connectivity index (χ3n) is 3.85. The van der Waals surface area contributed by atoms with Crippen molar-refractivity contribution in [2.75, 3.05) is 23.6 Å². The molecular weight excluding hydrogens is 479 g/mol. The minimum atomic E-state index is -4.29. The van der Waals surface area contributed by atoms with Gasteiger partial charge < -0.3 is 4.90 Å². The Morgan fingerprint density at radius 2 is 1.74 bits per heavy atom. The SMILES string of the molecule is C=CC(F)(F)F.CCCS(=O)(=O)Nc1cccc(Cl)c1C(=N)N1CC(F)(F)C(F)(F)C1. The maximum Gasteiger partial charge on any atom is 0.409 e. The molecule has 0 saturated carbocycles. The number of benzene rings is 1. The highest BCUT2D eigenvalue weighted by atomic mass is 35.5. The third-order valence-corrected chi connectivity index (χ3v) is 5.64. The lowest BCUT2D eigenvalue weighted by atomic mass is 10.1. The van der Waals surface area contributed by atoms with Crippen molar-refractivity contribution in [3.8, 4) is 0 Å². The molecule has 5 nitrogen and oxygen atoms in total. The van der Waals surface area contributed by atoms with E-state index in [1.165, 1.54) is 18.2 Å². The summed E-state index contributed by atoms with van der Waals surface area (Å²) in [5.41, 5.74) is -0.346. The molecule has 2 N–H and O–H groups in total. The number of hydrogen-bond donors (Lipinski definition) is 2. The van der Waals surface area contributed by atoms with Crippen LogP contribution < -0.4 is 4.72 Å². The highest BCUT2D eigenvalue weighted by Gasteiger charge is 2.63. The lowest BCUT2D eigenvalue weighted by Gasteiger charge is -2.21. The summed E-state index contributed by atoms with van der Waals surface area (Å²) in [7, 11) is -3.75. The molecule has 0 atom stereocenters. The zero-order chi connectivity index (χ0) is 24.3. The van der Waals surface area contributed by atoms with Crippen LogP contribution in [0.3, 0.4) is 0 Å². The number of halogens is 8. The summed E-state index contributed by atoms with van der Waals surface area (Å²) in [5, 5.41) is 7.90. The Labute approximate surface area is 179 Å². The fourth-order valence-electron chi connectivity index (χ4n) is 2.42. The molecular formula is C17H19ClF7N3O2S. The number of nitrogens with zero attached hydrogens (tertiary/aromatic N) is 1. The van der Waals surface area contributed by atoms with Gasteiger partial charge in [0.2, 0.25) is 10.0 Å². The van der Waals surface area contributed by atoms with Crippen LogP contribution in [0.15, 0.2) is 30.9 Å². The molecule has 1 aromatic rings. The van der Waals surface area contributed by atoms with Crippen molar-refractivity contribution < 1.29 is 39.2 Å². The number of rotatable bonds is 5. The smallest absolute Gasteiger partial charge is 0.344 e. The average molecular weight is 498 g/mol. The molecule has 0 spiro atoms. The predicted molar refractivity (Wildman–Crippen MR) is 104 cm³/mol. The molecule has 176 valence electrons. The summed E-state index contributed by atoms with van der Waals surface area (Å²) in [5.74, 6) is -9.48. The normalized spacial score (nSPS) is 17.5. The third kappa shape index (κ3) is 7.27. The summed E-state index contributed by atoms with van der Waals surface area (Å²) < 4.78 is 112. The molecule has 0 amide bonds. The molecule has 1 aliphatic rings. The molecule has 1 fully saturated rings. The number of alkyl halides is 7. The van der Waals surface area contributed by atoms with E-state index in [4.69, 9.17) is 17.0 Å². The zero-order valence-corrected chi connectivity index (χ0v) is 17.6. The highest BCUT2D eigenvalue weighted by molar-refractivity contribution is 7.92. The van der Waals surface area contributed by atoms with E-state index < -0.39 is 47.0 Å². The number of amidine groups is 1. The number of likely N-dealkylation sites (tertiary alicyclic amines) is 1. The van der Waals surface area contributed by atoms with Gasteiger partial charge in [0.05, 0.1) is 35.1 Å². The lowest BCUT2D eigenvalue weighted by molar-refractivity contribution is -0.172. The summed E-state index contributed by atoms with van der Waals surface area (Å²) >= 11 is 5.97. The zero-order valence-electron chi connectivity index (χ0n) is 16.0. The Bertz CT molecular complexity index is 905. The fourth-order valence-corrected chi connectivity index (χ4v) is 3.83. The van der Waals surface area contributed by atoms with E-state index in [0.717, 1.165) is 0 Å². The Morgan fingerprint density at radius 1 is 1.26 bits per heavy atom. The second-order valence-corrected chi connectivity index (χ2v) is 8.69. The van der Waals surface area contributed by atoms with Crippen molar-refractivity contribution in [1.29, 1.82) is 5.41 Å². The number of anilines is 1. The van der Waals surface area contributed by atoms with Crippen LogP contribution in [0.4, 0.5) is 36.4 Å². The molecule has 2 rings (SSSR count). The quantitative estimate of drug-likeness (QED) is 0.256. The first kappa shape index (κ1) is 27.0. The fraction of sp³-hybridized carbons (Fsp3) is 0.471. The first-order valence-electron chi connectivity index (χ1n) is 8.55. The van der Waals surface area contributed by atoms with Crippen molar-refractivity contribution in [1.82, 2.24) is 4.90 Å². The van der Waals surface area contributed by atoms with E-state index in [1.54, 1.807) is 6.92 Å². The first-order valence-corrected chi connectivity index (χ1v) is 10.6. The van der Waals surface area contributed by atoms with Crippen molar-refractivity contribution in [2.24, 2.45) is 0 Å². The van der Waals surface area contributed by atoms with Gasteiger partial charge in [0.1, 0.15) is 5.84 Å². The Morgan fingerprint density at radius 3 is 2.16 bits per heavy atom. The Hall–Kier alpha value is -2.02. The maximum atomic E-state index is 13.4. The van der Waals surface area contributed by atoms with Crippen LogP contribution in [0.25, 0.3) is 0 Å². The standard InChI is InChI=1S/C14H16ClF4N3O2S.C3H3F3/c1-2-6-25(23,24)21-10-5-3-4-9(15)11(10)12(20)22-7-13(16,17)14(18,19)8-22;1-2-3(4,5)6/h3-5,20-21H,2,6-8H2,1H3;2H,1H2. The first-order chi connectivity index (χ1) is 14.0. The molecule has 14 heteroatoms. The summed E-state index contributed by atoms with van der Waals surface area (Å²) in [6.07, 6.45) is -3.93. The Balaban J connectivity index is 0.000000703. The van der Waals surface area contributed by atoms with Crippen molar-refractivity contribution in [3.63, 3.8) is 0 Å². The molecule has 0 aliphatic carbocycles. The van der Waals surface area contributed by atoms with Crippen molar-refractivity contribution in [2.45, 2.75) is 31.4 Å². The topological polar surface area (TPSA) is 73.3 Å². The molecule has 1 heterocycles. The van der Waals surface area contributed by atoms with Gasteiger partial charge in [-0.25, -0.2) is 8.42 Å². The minimum Gasteiger partial charge on any atom is -0.344 e.